The maximum atomic E-state index is 12.1. The first-order valence-corrected chi connectivity index (χ1v) is 4.71. The van der Waals surface area contributed by atoms with Crippen molar-refractivity contribution in [3.8, 4) is 0 Å². The molecule has 0 radical (unpaired) electrons. The highest BCUT2D eigenvalue weighted by molar-refractivity contribution is 5.99. The molecule has 94 valence electrons. The Morgan fingerprint density at radius 2 is 2.06 bits per heavy atom. The Balaban J connectivity index is 3.13. The van der Waals surface area contributed by atoms with E-state index < -0.39 is 36.3 Å². The first-order chi connectivity index (χ1) is 7.70. The molecule has 2 N–H and O–H groups in total. The minimum atomic E-state index is -4.36. The van der Waals surface area contributed by atoms with Gasteiger partial charge in [-0.15, -0.1) is 0 Å². The van der Waals surface area contributed by atoms with Crippen molar-refractivity contribution >= 4 is 11.7 Å². The van der Waals surface area contributed by atoms with E-state index in [0.29, 0.717) is 0 Å². The van der Waals surface area contributed by atoms with Gasteiger partial charge < -0.3 is 10.2 Å². The lowest BCUT2D eigenvalue weighted by Gasteiger charge is -2.09. The Morgan fingerprint density at radius 3 is 2.53 bits per heavy atom. The molecule has 1 aromatic rings. The van der Waals surface area contributed by atoms with Crippen molar-refractivity contribution in [1.82, 2.24) is 0 Å². The molecule has 0 bridgehead atoms. The van der Waals surface area contributed by atoms with Crippen LogP contribution < -0.4 is 11.4 Å². The van der Waals surface area contributed by atoms with Gasteiger partial charge in [-0.25, -0.2) is 4.79 Å². The van der Waals surface area contributed by atoms with E-state index in [4.69, 9.17) is 5.73 Å². The predicted molar refractivity (Wildman–Crippen MR) is 53.8 cm³/mol. The molecule has 7 heteroatoms. The number of halogens is 3. The number of carbonyl (C=O) groups is 1. The molecule has 0 atom stereocenters. The van der Waals surface area contributed by atoms with Crippen molar-refractivity contribution in [2.45, 2.75) is 25.9 Å². The van der Waals surface area contributed by atoms with E-state index in [1.54, 1.807) is 0 Å². The number of rotatable bonds is 3. The summed E-state index contributed by atoms with van der Waals surface area (Å²) in [6.07, 6.45) is -5.97. The van der Waals surface area contributed by atoms with Crippen molar-refractivity contribution < 1.29 is 22.4 Å². The van der Waals surface area contributed by atoms with Gasteiger partial charge in [-0.2, -0.15) is 13.2 Å². The van der Waals surface area contributed by atoms with Gasteiger partial charge in [-0.1, -0.05) is 0 Å². The van der Waals surface area contributed by atoms with E-state index >= 15 is 0 Å². The second-order valence-corrected chi connectivity index (χ2v) is 3.50. The van der Waals surface area contributed by atoms with Crippen LogP contribution in [0.3, 0.4) is 0 Å². The van der Waals surface area contributed by atoms with Crippen LogP contribution in [0, 0.1) is 0 Å². The average molecular weight is 249 g/mol. The van der Waals surface area contributed by atoms with Crippen molar-refractivity contribution in [2.75, 3.05) is 5.73 Å². The second kappa shape index (κ2) is 4.60. The van der Waals surface area contributed by atoms with Crippen LogP contribution in [0.1, 0.15) is 29.3 Å². The van der Waals surface area contributed by atoms with Crippen LogP contribution in [0.5, 0.6) is 0 Å². The highest BCUT2D eigenvalue weighted by Crippen LogP contribution is 2.24. The lowest BCUT2D eigenvalue weighted by atomic mass is 10.0. The molecule has 0 spiro atoms. The SMILES string of the molecule is CC(=O)c1c(CCC(F)(F)F)cc(=O)oc1N. The van der Waals surface area contributed by atoms with Gasteiger partial charge in [-0.3, -0.25) is 4.79 Å². The second-order valence-electron chi connectivity index (χ2n) is 3.50. The van der Waals surface area contributed by atoms with Gasteiger partial charge in [0.05, 0.1) is 5.56 Å². The van der Waals surface area contributed by atoms with E-state index in [9.17, 15) is 22.8 Å². The Morgan fingerprint density at radius 1 is 1.47 bits per heavy atom. The van der Waals surface area contributed by atoms with E-state index in [1.807, 2.05) is 0 Å². The van der Waals surface area contributed by atoms with E-state index in [2.05, 4.69) is 4.42 Å². The van der Waals surface area contributed by atoms with Crippen LogP contribution >= 0.6 is 0 Å². The highest BCUT2D eigenvalue weighted by Gasteiger charge is 2.28. The highest BCUT2D eigenvalue weighted by atomic mass is 19.4. The van der Waals surface area contributed by atoms with Gasteiger partial charge >= 0.3 is 11.8 Å². The molecule has 0 aliphatic carbocycles. The number of hydrogen-bond donors (Lipinski definition) is 1. The molecule has 1 aromatic heterocycles. The molecule has 1 rings (SSSR count). The van der Waals surface area contributed by atoms with Gasteiger partial charge in [0.2, 0.25) is 5.88 Å². The lowest BCUT2D eigenvalue weighted by molar-refractivity contribution is -0.134. The van der Waals surface area contributed by atoms with Crippen molar-refractivity contribution in [3.05, 3.63) is 27.6 Å². The molecular formula is C10H10F3NO3. The molecule has 0 amide bonds. The van der Waals surface area contributed by atoms with Crippen LogP contribution in [0.15, 0.2) is 15.3 Å². The Bertz CT molecular complexity index is 491. The number of nitrogen functional groups attached to an aromatic ring is 1. The largest absolute Gasteiger partial charge is 0.406 e. The zero-order valence-electron chi connectivity index (χ0n) is 8.93. The number of hydrogen-bond acceptors (Lipinski definition) is 4. The van der Waals surface area contributed by atoms with Gasteiger partial charge in [-0.05, 0) is 18.9 Å². The first-order valence-electron chi connectivity index (χ1n) is 4.71. The number of ketones is 1. The summed E-state index contributed by atoms with van der Waals surface area (Å²) in [5, 5.41) is 0. The standard InChI is InChI=1S/C10H10F3NO3/c1-5(15)8-6(2-3-10(11,12)13)4-7(16)17-9(8)14/h4H,2-3,14H2,1H3. The van der Waals surface area contributed by atoms with Gasteiger partial charge in [0, 0.05) is 12.5 Å². The van der Waals surface area contributed by atoms with Crippen molar-refractivity contribution in [1.29, 1.82) is 0 Å². The topological polar surface area (TPSA) is 73.3 Å². The molecule has 0 fully saturated rings. The molecule has 0 aliphatic heterocycles. The smallest absolute Gasteiger partial charge is 0.389 e. The zero-order chi connectivity index (χ0) is 13.2. The summed E-state index contributed by atoms with van der Waals surface area (Å²) in [5.41, 5.74) is 4.23. The summed E-state index contributed by atoms with van der Waals surface area (Å²) in [4.78, 5) is 22.2. The third-order valence-corrected chi connectivity index (χ3v) is 2.10. The monoisotopic (exact) mass is 249 g/mol. The zero-order valence-corrected chi connectivity index (χ0v) is 8.93. The van der Waals surface area contributed by atoms with Gasteiger partial charge in [0.25, 0.3) is 0 Å². The summed E-state index contributed by atoms with van der Waals surface area (Å²) in [6, 6.07) is 0.860. The maximum Gasteiger partial charge on any atom is 0.389 e. The van der Waals surface area contributed by atoms with Gasteiger partial charge in [0.1, 0.15) is 0 Å². The third kappa shape index (κ3) is 3.61. The minimum Gasteiger partial charge on any atom is -0.406 e. The quantitative estimate of drug-likeness (QED) is 0.830. The maximum absolute atomic E-state index is 12.1. The first kappa shape index (κ1) is 13.3. The minimum absolute atomic E-state index is 0.0384. The van der Waals surface area contributed by atoms with E-state index in [1.165, 1.54) is 0 Å². The van der Waals surface area contributed by atoms with Crippen molar-refractivity contribution in [2.24, 2.45) is 0 Å². The average Bonchev–Trinajstić information content (AvgIpc) is 2.11. The molecular weight excluding hydrogens is 239 g/mol. The number of anilines is 1. The molecule has 17 heavy (non-hydrogen) atoms. The molecule has 0 saturated heterocycles. The Labute approximate surface area is 94.2 Å². The number of carbonyl (C=O) groups excluding carboxylic acids is 1. The Kier molecular flexibility index (Phi) is 3.59. The Hall–Kier alpha value is -1.79. The predicted octanol–water partition coefficient (Wildman–Crippen LogP) is 1.92. The van der Waals surface area contributed by atoms with Crippen molar-refractivity contribution in [3.63, 3.8) is 0 Å². The fourth-order valence-corrected chi connectivity index (χ4v) is 1.43. The fourth-order valence-electron chi connectivity index (χ4n) is 1.43. The summed E-state index contributed by atoms with van der Waals surface area (Å²) in [7, 11) is 0. The fraction of sp³-hybridized carbons (Fsp3) is 0.400. The lowest BCUT2D eigenvalue weighted by Crippen LogP contribution is -2.15. The van der Waals surface area contributed by atoms with Crippen LogP contribution in [0.2, 0.25) is 0 Å². The molecule has 0 aliphatic rings. The molecule has 0 unspecified atom stereocenters. The number of Topliss-reactive ketones (excluding diaryl/α,β-unsaturated/α-hetero) is 1. The van der Waals surface area contributed by atoms with E-state index in [0.717, 1.165) is 13.0 Å². The summed E-state index contributed by atoms with van der Waals surface area (Å²) in [5.74, 6) is -0.981. The molecule has 1 heterocycles. The molecule has 0 saturated carbocycles. The number of nitrogens with two attached hydrogens (primary N) is 1. The van der Waals surface area contributed by atoms with Crippen LogP contribution in [0.25, 0.3) is 0 Å². The number of alkyl halides is 3. The molecule has 0 aromatic carbocycles. The van der Waals surface area contributed by atoms with Crippen LogP contribution in [-0.4, -0.2) is 12.0 Å². The summed E-state index contributed by atoms with van der Waals surface area (Å²) in [6.45, 7) is 1.14. The summed E-state index contributed by atoms with van der Waals surface area (Å²) < 4.78 is 40.6. The number of aryl methyl sites for hydroxylation is 1. The van der Waals surface area contributed by atoms with E-state index in [-0.39, 0.29) is 11.1 Å². The van der Waals surface area contributed by atoms with Crippen LogP contribution in [-0.2, 0) is 6.42 Å². The summed E-state index contributed by atoms with van der Waals surface area (Å²) >= 11 is 0. The third-order valence-electron chi connectivity index (χ3n) is 2.10. The van der Waals surface area contributed by atoms with Gasteiger partial charge in [0.15, 0.2) is 5.78 Å². The molecule has 4 nitrogen and oxygen atoms in total. The normalized spacial score (nSPS) is 11.5. The van der Waals surface area contributed by atoms with Crippen LogP contribution in [0.4, 0.5) is 19.1 Å².